The van der Waals surface area contributed by atoms with Gasteiger partial charge in [0.05, 0.1) is 12.5 Å². The van der Waals surface area contributed by atoms with E-state index in [0.29, 0.717) is 11.8 Å². The van der Waals surface area contributed by atoms with Crippen LogP contribution in [0.5, 0.6) is 0 Å². The number of rotatable bonds is 9. The van der Waals surface area contributed by atoms with Crippen molar-refractivity contribution in [2.24, 2.45) is 17.3 Å². The highest BCUT2D eigenvalue weighted by Crippen LogP contribution is 2.20. The van der Waals surface area contributed by atoms with E-state index in [4.69, 9.17) is 4.74 Å². The fourth-order valence-corrected chi connectivity index (χ4v) is 2.05. The summed E-state index contributed by atoms with van der Waals surface area (Å²) in [7, 11) is 1.47. The summed E-state index contributed by atoms with van der Waals surface area (Å²) in [6.07, 6.45) is 2.35. The van der Waals surface area contributed by atoms with Gasteiger partial charge in [-0.1, -0.05) is 27.7 Å². The zero-order valence-electron chi connectivity index (χ0n) is 14.0. The minimum absolute atomic E-state index is 0.119. The molecule has 0 aliphatic heterocycles. The van der Waals surface area contributed by atoms with Gasteiger partial charge in [-0.15, -0.1) is 0 Å². The SMILES string of the molecule is COC(=O)C(C)(C)CN(CCC(C)C)CCC(C)C. The first-order valence-electron chi connectivity index (χ1n) is 7.49. The van der Waals surface area contributed by atoms with Gasteiger partial charge in [0.15, 0.2) is 0 Å². The number of methoxy groups -OCH3 is 1. The van der Waals surface area contributed by atoms with E-state index in [9.17, 15) is 4.79 Å². The predicted molar refractivity (Wildman–Crippen MR) is 81.1 cm³/mol. The molecule has 0 amide bonds. The molecule has 0 aliphatic carbocycles. The number of carbonyl (C=O) groups is 1. The first kappa shape index (κ1) is 18.4. The minimum Gasteiger partial charge on any atom is -0.469 e. The smallest absolute Gasteiger partial charge is 0.312 e. The van der Waals surface area contributed by atoms with Crippen LogP contribution in [0.15, 0.2) is 0 Å². The summed E-state index contributed by atoms with van der Waals surface area (Å²) in [5.41, 5.74) is -0.428. The van der Waals surface area contributed by atoms with E-state index in [2.05, 4.69) is 32.6 Å². The van der Waals surface area contributed by atoms with Crippen molar-refractivity contribution in [3.8, 4) is 0 Å². The summed E-state index contributed by atoms with van der Waals surface area (Å²) in [6, 6.07) is 0. The van der Waals surface area contributed by atoms with Crippen LogP contribution in [0.2, 0.25) is 0 Å². The Bertz CT molecular complexity index is 247. The van der Waals surface area contributed by atoms with Crippen molar-refractivity contribution in [2.45, 2.75) is 54.4 Å². The first-order valence-corrected chi connectivity index (χ1v) is 7.49. The molecule has 0 atom stereocenters. The lowest BCUT2D eigenvalue weighted by Gasteiger charge is -2.31. The zero-order chi connectivity index (χ0) is 15.1. The Kier molecular flexibility index (Phi) is 8.31. The maximum atomic E-state index is 11.8. The van der Waals surface area contributed by atoms with E-state index in [1.54, 1.807) is 0 Å². The Hall–Kier alpha value is -0.570. The molecule has 0 aromatic carbocycles. The van der Waals surface area contributed by atoms with Gasteiger partial charge in [-0.3, -0.25) is 4.79 Å². The molecule has 0 saturated carbocycles. The molecular weight excluding hydrogens is 238 g/mol. The fourth-order valence-electron chi connectivity index (χ4n) is 2.05. The molecule has 0 aromatic rings. The second-order valence-corrected chi connectivity index (χ2v) is 7.02. The highest BCUT2D eigenvalue weighted by molar-refractivity contribution is 5.76. The van der Waals surface area contributed by atoms with Crippen molar-refractivity contribution in [3.63, 3.8) is 0 Å². The molecule has 0 bridgehead atoms. The number of esters is 1. The average Bonchev–Trinajstić information content (AvgIpc) is 2.30. The molecule has 19 heavy (non-hydrogen) atoms. The molecule has 114 valence electrons. The third-order valence-corrected chi connectivity index (χ3v) is 3.40. The Morgan fingerprint density at radius 1 is 1.05 bits per heavy atom. The summed E-state index contributed by atoms with van der Waals surface area (Å²) >= 11 is 0. The van der Waals surface area contributed by atoms with Gasteiger partial charge in [-0.05, 0) is 51.6 Å². The number of nitrogens with zero attached hydrogens (tertiary/aromatic N) is 1. The van der Waals surface area contributed by atoms with E-state index in [-0.39, 0.29) is 5.97 Å². The van der Waals surface area contributed by atoms with Gasteiger partial charge >= 0.3 is 5.97 Å². The third-order valence-electron chi connectivity index (χ3n) is 3.40. The molecule has 0 aromatic heterocycles. The quantitative estimate of drug-likeness (QED) is 0.600. The normalized spacial score (nSPS) is 12.5. The van der Waals surface area contributed by atoms with E-state index in [1.165, 1.54) is 20.0 Å². The van der Waals surface area contributed by atoms with E-state index in [0.717, 1.165) is 19.6 Å². The number of carbonyl (C=O) groups excluding carboxylic acids is 1. The summed E-state index contributed by atoms with van der Waals surface area (Å²) in [5, 5.41) is 0. The Morgan fingerprint density at radius 3 is 1.79 bits per heavy atom. The molecular formula is C16H33NO2. The minimum atomic E-state index is -0.428. The van der Waals surface area contributed by atoms with E-state index in [1.807, 2.05) is 13.8 Å². The molecule has 0 spiro atoms. The summed E-state index contributed by atoms with van der Waals surface area (Å²) in [4.78, 5) is 14.2. The van der Waals surface area contributed by atoms with Crippen LogP contribution in [0.3, 0.4) is 0 Å². The van der Waals surface area contributed by atoms with Gasteiger partial charge in [0.2, 0.25) is 0 Å². The molecule has 0 N–H and O–H groups in total. The number of hydrogen-bond acceptors (Lipinski definition) is 3. The second-order valence-electron chi connectivity index (χ2n) is 7.02. The lowest BCUT2D eigenvalue weighted by molar-refractivity contribution is -0.151. The summed E-state index contributed by atoms with van der Waals surface area (Å²) in [6.45, 7) is 15.8. The average molecular weight is 271 g/mol. The molecule has 3 nitrogen and oxygen atoms in total. The molecule has 0 unspecified atom stereocenters. The highest BCUT2D eigenvalue weighted by Gasteiger charge is 2.30. The molecule has 0 rings (SSSR count). The Morgan fingerprint density at radius 2 is 1.47 bits per heavy atom. The molecule has 0 saturated heterocycles. The molecule has 3 heteroatoms. The lowest BCUT2D eigenvalue weighted by Crippen LogP contribution is -2.41. The Balaban J connectivity index is 4.50. The molecule has 0 fully saturated rings. The van der Waals surface area contributed by atoms with Crippen molar-refractivity contribution in [2.75, 3.05) is 26.7 Å². The van der Waals surface area contributed by atoms with Crippen LogP contribution in [-0.4, -0.2) is 37.6 Å². The van der Waals surface area contributed by atoms with Crippen LogP contribution >= 0.6 is 0 Å². The van der Waals surface area contributed by atoms with Gasteiger partial charge in [0, 0.05) is 6.54 Å². The second kappa shape index (κ2) is 8.57. The standard InChI is InChI=1S/C16H33NO2/c1-13(2)8-10-17(11-9-14(3)4)12-16(5,6)15(18)19-7/h13-14H,8-12H2,1-7H3. The van der Waals surface area contributed by atoms with Gasteiger partial charge in [-0.25, -0.2) is 0 Å². The van der Waals surface area contributed by atoms with E-state index >= 15 is 0 Å². The van der Waals surface area contributed by atoms with Gasteiger partial charge in [-0.2, -0.15) is 0 Å². The van der Waals surface area contributed by atoms with Crippen LogP contribution < -0.4 is 0 Å². The van der Waals surface area contributed by atoms with Crippen molar-refractivity contribution < 1.29 is 9.53 Å². The van der Waals surface area contributed by atoms with Gasteiger partial charge in [0.1, 0.15) is 0 Å². The van der Waals surface area contributed by atoms with Crippen LogP contribution in [-0.2, 0) is 9.53 Å². The Labute approximate surface area is 119 Å². The maximum absolute atomic E-state index is 11.8. The third kappa shape index (κ3) is 8.25. The largest absolute Gasteiger partial charge is 0.469 e. The van der Waals surface area contributed by atoms with Crippen molar-refractivity contribution in [3.05, 3.63) is 0 Å². The van der Waals surface area contributed by atoms with Crippen LogP contribution in [0.25, 0.3) is 0 Å². The number of hydrogen-bond donors (Lipinski definition) is 0. The summed E-state index contributed by atoms with van der Waals surface area (Å²) in [5.74, 6) is 1.28. The maximum Gasteiger partial charge on any atom is 0.312 e. The van der Waals surface area contributed by atoms with Crippen molar-refractivity contribution in [1.29, 1.82) is 0 Å². The van der Waals surface area contributed by atoms with Crippen molar-refractivity contribution in [1.82, 2.24) is 4.90 Å². The molecule has 0 radical (unpaired) electrons. The predicted octanol–water partition coefficient (Wildman–Crippen LogP) is 3.58. The van der Waals surface area contributed by atoms with Gasteiger partial charge < -0.3 is 9.64 Å². The van der Waals surface area contributed by atoms with Crippen molar-refractivity contribution >= 4 is 5.97 Å². The monoisotopic (exact) mass is 271 g/mol. The van der Waals surface area contributed by atoms with Gasteiger partial charge in [0.25, 0.3) is 0 Å². The van der Waals surface area contributed by atoms with Crippen LogP contribution in [0.1, 0.15) is 54.4 Å². The summed E-state index contributed by atoms with van der Waals surface area (Å²) < 4.78 is 4.90. The molecule has 0 aliphatic rings. The zero-order valence-corrected chi connectivity index (χ0v) is 14.0. The first-order chi connectivity index (χ1) is 8.69. The topological polar surface area (TPSA) is 29.5 Å². The lowest BCUT2D eigenvalue weighted by atomic mass is 9.92. The highest BCUT2D eigenvalue weighted by atomic mass is 16.5. The fraction of sp³-hybridized carbons (Fsp3) is 0.938. The van der Waals surface area contributed by atoms with E-state index < -0.39 is 5.41 Å². The number of ether oxygens (including phenoxy) is 1. The molecule has 0 heterocycles. The van der Waals surface area contributed by atoms with Crippen LogP contribution in [0, 0.1) is 17.3 Å². The van der Waals surface area contributed by atoms with Crippen LogP contribution in [0.4, 0.5) is 0 Å².